The molecule has 0 aromatic heterocycles. The number of amides is 2. The molecule has 2 amide bonds. The largest absolute Gasteiger partial charge is 0.480 e. The summed E-state index contributed by atoms with van der Waals surface area (Å²) in [5, 5.41) is 20.1. The van der Waals surface area contributed by atoms with Gasteiger partial charge in [0.2, 0.25) is 0 Å². The van der Waals surface area contributed by atoms with Crippen molar-refractivity contribution < 1.29 is 19.8 Å². The second kappa shape index (κ2) is 4.91. The highest BCUT2D eigenvalue weighted by Gasteiger charge is 2.40. The fourth-order valence-corrected chi connectivity index (χ4v) is 2.79. The van der Waals surface area contributed by atoms with Crippen LogP contribution in [0.3, 0.4) is 0 Å². The lowest BCUT2D eigenvalue weighted by Gasteiger charge is -2.28. The van der Waals surface area contributed by atoms with Crippen molar-refractivity contribution in [2.45, 2.75) is 37.8 Å². The first-order chi connectivity index (χ1) is 8.11. The summed E-state index contributed by atoms with van der Waals surface area (Å²) in [5.74, 6) is -0.511. The van der Waals surface area contributed by atoms with E-state index in [0.29, 0.717) is 5.92 Å². The topological polar surface area (TPSA) is 89.9 Å². The number of nitrogens with one attached hydrogen (secondary N) is 1. The second-order valence-corrected chi connectivity index (χ2v) is 4.84. The summed E-state index contributed by atoms with van der Waals surface area (Å²) in [7, 11) is 0. The summed E-state index contributed by atoms with van der Waals surface area (Å²) in [6.45, 7) is 0.491. The van der Waals surface area contributed by atoms with E-state index >= 15 is 0 Å². The van der Waals surface area contributed by atoms with Gasteiger partial charge in [-0.2, -0.15) is 0 Å². The van der Waals surface area contributed by atoms with Gasteiger partial charge in [0.1, 0.15) is 6.04 Å². The number of hydrogen-bond acceptors (Lipinski definition) is 3. The zero-order valence-corrected chi connectivity index (χ0v) is 9.63. The van der Waals surface area contributed by atoms with Crippen LogP contribution in [0.15, 0.2) is 0 Å². The number of carboxylic acid groups (broad SMARTS) is 1. The molecule has 6 nitrogen and oxygen atoms in total. The highest BCUT2D eigenvalue weighted by atomic mass is 16.4. The maximum atomic E-state index is 11.9. The molecule has 2 aliphatic rings. The van der Waals surface area contributed by atoms with Crippen LogP contribution in [0.1, 0.15) is 25.7 Å². The number of carbonyl (C=O) groups excluding carboxylic acids is 1. The Bertz CT molecular complexity index is 321. The van der Waals surface area contributed by atoms with Crippen LogP contribution in [0.25, 0.3) is 0 Å². The van der Waals surface area contributed by atoms with Crippen LogP contribution in [-0.2, 0) is 4.79 Å². The minimum absolute atomic E-state index is 0.0447. The van der Waals surface area contributed by atoms with Crippen molar-refractivity contribution in [2.75, 3.05) is 13.2 Å². The Hall–Kier alpha value is -1.30. The quantitative estimate of drug-likeness (QED) is 0.648. The summed E-state index contributed by atoms with van der Waals surface area (Å²) in [4.78, 5) is 24.5. The van der Waals surface area contributed by atoms with Gasteiger partial charge in [0.25, 0.3) is 0 Å². The molecule has 0 aromatic rings. The first-order valence-electron chi connectivity index (χ1n) is 6.02. The number of carboxylic acids is 1. The summed E-state index contributed by atoms with van der Waals surface area (Å²) in [6.07, 6.45) is 3.29. The van der Waals surface area contributed by atoms with E-state index in [-0.39, 0.29) is 25.1 Å². The Balaban J connectivity index is 1.89. The minimum Gasteiger partial charge on any atom is -0.480 e. The molecule has 0 spiro atoms. The predicted molar refractivity (Wildman–Crippen MR) is 59.5 cm³/mol. The summed E-state index contributed by atoms with van der Waals surface area (Å²) in [6, 6.07) is -1.02. The van der Waals surface area contributed by atoms with Crippen molar-refractivity contribution in [2.24, 2.45) is 5.92 Å². The lowest BCUT2D eigenvalue weighted by Crippen LogP contribution is -2.50. The van der Waals surface area contributed by atoms with Crippen molar-refractivity contribution in [1.29, 1.82) is 0 Å². The number of rotatable bonds is 4. The molecule has 2 bridgehead atoms. The van der Waals surface area contributed by atoms with Crippen LogP contribution in [0.4, 0.5) is 4.79 Å². The second-order valence-electron chi connectivity index (χ2n) is 4.84. The zero-order chi connectivity index (χ0) is 12.4. The molecule has 1 saturated heterocycles. The number of urea groups is 1. The fraction of sp³-hybridized carbons (Fsp3) is 0.818. The number of aliphatic hydroxyl groups is 1. The van der Waals surface area contributed by atoms with Crippen LogP contribution < -0.4 is 5.32 Å². The molecule has 2 fully saturated rings. The zero-order valence-electron chi connectivity index (χ0n) is 9.63. The van der Waals surface area contributed by atoms with Gasteiger partial charge in [-0.15, -0.1) is 0 Å². The molecule has 1 aliphatic carbocycles. The average molecular weight is 242 g/mol. The van der Waals surface area contributed by atoms with Gasteiger partial charge in [-0.3, -0.25) is 0 Å². The molecule has 96 valence electrons. The Morgan fingerprint density at radius 1 is 1.41 bits per heavy atom. The molecule has 1 saturated carbocycles. The number of piperidine rings is 1. The van der Waals surface area contributed by atoms with E-state index in [9.17, 15) is 9.59 Å². The number of nitrogens with zero attached hydrogens (tertiary/aromatic N) is 1. The predicted octanol–water partition coefficient (Wildman–Crippen LogP) is 0.0159. The van der Waals surface area contributed by atoms with Crippen LogP contribution in [0.2, 0.25) is 0 Å². The molecule has 1 heterocycles. The van der Waals surface area contributed by atoms with Crippen molar-refractivity contribution >= 4 is 12.0 Å². The highest BCUT2D eigenvalue weighted by Crippen LogP contribution is 2.37. The normalized spacial score (nSPS) is 28.2. The highest BCUT2D eigenvalue weighted by molar-refractivity contribution is 5.83. The maximum absolute atomic E-state index is 11.9. The molecule has 3 N–H and O–H groups in total. The van der Waals surface area contributed by atoms with E-state index in [1.54, 1.807) is 4.90 Å². The third kappa shape index (κ3) is 2.52. The average Bonchev–Trinajstić information content (AvgIpc) is 2.89. The van der Waals surface area contributed by atoms with Gasteiger partial charge in [0, 0.05) is 25.6 Å². The molecule has 3 unspecified atom stereocenters. The van der Waals surface area contributed by atoms with Gasteiger partial charge in [-0.25, -0.2) is 9.59 Å². The van der Waals surface area contributed by atoms with Gasteiger partial charge < -0.3 is 20.4 Å². The van der Waals surface area contributed by atoms with Crippen molar-refractivity contribution in [3.63, 3.8) is 0 Å². The van der Waals surface area contributed by atoms with Gasteiger partial charge in [-0.05, 0) is 25.2 Å². The standard InChI is InChI=1S/C11H18N2O4/c14-4-3-9(10(15)16)12-11(17)13-6-7-1-2-8(13)5-7/h7-9,14H,1-6H2,(H,12,17)(H,15,16). The number of aliphatic carboxylic acids is 1. The van der Waals surface area contributed by atoms with Crippen molar-refractivity contribution in [1.82, 2.24) is 10.2 Å². The lowest BCUT2D eigenvalue weighted by atomic mass is 10.1. The Kier molecular flexibility index (Phi) is 3.51. The van der Waals surface area contributed by atoms with Crippen LogP contribution in [0, 0.1) is 5.92 Å². The number of fused-ring (bicyclic) bond motifs is 2. The lowest BCUT2D eigenvalue weighted by molar-refractivity contribution is -0.139. The smallest absolute Gasteiger partial charge is 0.326 e. The molecular weight excluding hydrogens is 224 g/mol. The third-order valence-corrected chi connectivity index (χ3v) is 3.68. The van der Waals surface area contributed by atoms with Gasteiger partial charge in [-0.1, -0.05) is 0 Å². The molecule has 0 radical (unpaired) electrons. The molecule has 3 atom stereocenters. The van der Waals surface area contributed by atoms with E-state index in [1.165, 1.54) is 6.42 Å². The Morgan fingerprint density at radius 2 is 2.18 bits per heavy atom. The fourth-order valence-electron chi connectivity index (χ4n) is 2.79. The van der Waals surface area contributed by atoms with Crippen LogP contribution in [-0.4, -0.2) is 52.3 Å². The summed E-state index contributed by atoms with van der Waals surface area (Å²) in [5.41, 5.74) is 0. The van der Waals surface area contributed by atoms with Crippen LogP contribution >= 0.6 is 0 Å². The Morgan fingerprint density at radius 3 is 2.65 bits per heavy atom. The summed E-state index contributed by atoms with van der Waals surface area (Å²) >= 11 is 0. The molecule has 17 heavy (non-hydrogen) atoms. The maximum Gasteiger partial charge on any atom is 0.326 e. The number of carbonyl (C=O) groups is 2. The number of hydrogen-bond donors (Lipinski definition) is 3. The number of aliphatic hydroxyl groups excluding tert-OH is 1. The van der Waals surface area contributed by atoms with Gasteiger partial charge in [0.05, 0.1) is 0 Å². The minimum atomic E-state index is -1.10. The summed E-state index contributed by atoms with van der Waals surface area (Å²) < 4.78 is 0. The third-order valence-electron chi connectivity index (χ3n) is 3.68. The SMILES string of the molecule is O=C(O)C(CCO)NC(=O)N1CC2CCC1C2. The monoisotopic (exact) mass is 242 g/mol. The van der Waals surface area contributed by atoms with E-state index in [4.69, 9.17) is 10.2 Å². The van der Waals surface area contributed by atoms with Gasteiger partial charge >= 0.3 is 12.0 Å². The molecule has 0 aromatic carbocycles. The van der Waals surface area contributed by atoms with Gasteiger partial charge in [0.15, 0.2) is 0 Å². The number of likely N-dealkylation sites (tertiary alicyclic amines) is 1. The van der Waals surface area contributed by atoms with E-state index in [2.05, 4.69) is 5.32 Å². The first-order valence-corrected chi connectivity index (χ1v) is 6.02. The van der Waals surface area contributed by atoms with E-state index < -0.39 is 12.0 Å². The molecule has 1 aliphatic heterocycles. The Labute approximate surface area is 99.6 Å². The van der Waals surface area contributed by atoms with Crippen LogP contribution in [0.5, 0.6) is 0 Å². The molecule has 2 rings (SSSR count). The van der Waals surface area contributed by atoms with Crippen molar-refractivity contribution in [3.8, 4) is 0 Å². The first kappa shape index (κ1) is 12.2. The van der Waals surface area contributed by atoms with E-state index in [0.717, 1.165) is 19.4 Å². The van der Waals surface area contributed by atoms with E-state index in [1.807, 2.05) is 0 Å². The van der Waals surface area contributed by atoms with Crippen molar-refractivity contribution in [3.05, 3.63) is 0 Å². The molecule has 6 heteroatoms. The molecular formula is C11H18N2O4.